The Bertz CT molecular complexity index is 762. The van der Waals surface area contributed by atoms with Gasteiger partial charge in [0.05, 0.1) is 0 Å². The third-order valence-electron chi connectivity index (χ3n) is 4.41. The second kappa shape index (κ2) is 5.91. The van der Waals surface area contributed by atoms with Crippen LogP contribution in [0.5, 0.6) is 0 Å². The number of rotatable bonds is 3. The van der Waals surface area contributed by atoms with Gasteiger partial charge in [-0.05, 0) is 37.0 Å². The number of aromatic carboxylic acids is 1. The van der Waals surface area contributed by atoms with Crippen LogP contribution >= 0.6 is 0 Å². The molecule has 0 saturated heterocycles. The number of fused-ring (bicyclic) bond motifs is 1. The summed E-state index contributed by atoms with van der Waals surface area (Å²) in [6.45, 7) is 4.21. The smallest absolute Gasteiger partial charge is 0.372 e. The number of aryl methyl sites for hydroxylation is 1. The van der Waals surface area contributed by atoms with Crippen molar-refractivity contribution in [2.75, 3.05) is 0 Å². The van der Waals surface area contributed by atoms with Crippen LogP contribution in [0.25, 0.3) is 0 Å². The summed E-state index contributed by atoms with van der Waals surface area (Å²) in [7, 11) is 0. The molecule has 1 amide bonds. The highest BCUT2D eigenvalue weighted by atomic mass is 16.4. The lowest BCUT2D eigenvalue weighted by Crippen LogP contribution is -2.43. The van der Waals surface area contributed by atoms with Crippen LogP contribution in [-0.4, -0.2) is 27.9 Å². The van der Waals surface area contributed by atoms with Gasteiger partial charge in [-0.25, -0.2) is 4.79 Å². The van der Waals surface area contributed by atoms with Crippen LogP contribution in [0.3, 0.4) is 0 Å². The minimum atomic E-state index is -1.16. The van der Waals surface area contributed by atoms with E-state index >= 15 is 0 Å². The van der Waals surface area contributed by atoms with E-state index in [1.54, 1.807) is 11.8 Å². The lowest BCUT2D eigenvalue weighted by molar-refractivity contribution is 0.0588. The number of amides is 1. The average Bonchev–Trinajstić information content (AvgIpc) is 2.95. The van der Waals surface area contributed by atoms with Crippen molar-refractivity contribution in [2.24, 2.45) is 0 Å². The van der Waals surface area contributed by atoms with Crippen molar-refractivity contribution in [1.29, 1.82) is 0 Å². The number of benzene rings is 1. The fraction of sp³-hybridized carbons (Fsp3) is 0.333. The van der Waals surface area contributed by atoms with E-state index in [0.717, 1.165) is 18.4 Å². The van der Waals surface area contributed by atoms with Crippen molar-refractivity contribution in [3.8, 4) is 0 Å². The first kappa shape index (κ1) is 15.3. The Morgan fingerprint density at radius 2 is 2.00 bits per heavy atom. The van der Waals surface area contributed by atoms with E-state index in [1.807, 2.05) is 18.2 Å². The van der Waals surface area contributed by atoms with E-state index in [9.17, 15) is 9.59 Å². The van der Waals surface area contributed by atoms with E-state index in [1.165, 1.54) is 11.6 Å². The van der Waals surface area contributed by atoms with Crippen LogP contribution < -0.4 is 0 Å². The lowest BCUT2D eigenvalue weighted by atomic mass is 9.92. The van der Waals surface area contributed by atoms with Crippen LogP contribution in [0.1, 0.15) is 51.1 Å². The molecule has 1 aliphatic rings. The number of carbonyl (C=O) groups is 2. The number of furan rings is 1. The minimum absolute atomic E-state index is 0.0936. The van der Waals surface area contributed by atoms with E-state index in [-0.39, 0.29) is 23.5 Å². The number of carboxylic acid groups (broad SMARTS) is 1. The fourth-order valence-electron chi connectivity index (χ4n) is 3.13. The van der Waals surface area contributed by atoms with Crippen molar-refractivity contribution < 1.29 is 19.1 Å². The molecule has 1 aliphatic heterocycles. The van der Waals surface area contributed by atoms with Crippen LogP contribution in [0, 0.1) is 6.92 Å². The molecule has 0 spiro atoms. The molecule has 0 saturated carbocycles. The predicted octanol–water partition coefficient (Wildman–Crippen LogP) is 3.26. The Morgan fingerprint density at radius 3 is 2.61 bits per heavy atom. The SMILES string of the molecule is CCC1Cc2ccccc2CN1C(=O)c1cc(C)c(C(=O)O)o1. The van der Waals surface area contributed by atoms with E-state index in [0.29, 0.717) is 12.1 Å². The average molecular weight is 313 g/mol. The summed E-state index contributed by atoms with van der Waals surface area (Å²) in [5.41, 5.74) is 2.86. The van der Waals surface area contributed by atoms with Crippen molar-refractivity contribution in [3.63, 3.8) is 0 Å². The Kier molecular flexibility index (Phi) is 3.94. The molecule has 1 N–H and O–H groups in total. The molecule has 1 aromatic heterocycles. The summed E-state index contributed by atoms with van der Waals surface area (Å²) in [5, 5.41) is 9.08. The van der Waals surface area contributed by atoms with Crippen LogP contribution in [0.4, 0.5) is 0 Å². The normalized spacial score (nSPS) is 17.0. The molecule has 0 fully saturated rings. The molecule has 0 aliphatic carbocycles. The van der Waals surface area contributed by atoms with Crippen molar-refractivity contribution in [3.05, 3.63) is 58.5 Å². The second-order valence-corrected chi connectivity index (χ2v) is 5.90. The maximum atomic E-state index is 12.8. The summed E-state index contributed by atoms with van der Waals surface area (Å²) < 4.78 is 5.28. The number of hydrogen-bond acceptors (Lipinski definition) is 3. The minimum Gasteiger partial charge on any atom is -0.475 e. The van der Waals surface area contributed by atoms with Gasteiger partial charge in [0.25, 0.3) is 5.91 Å². The summed E-state index contributed by atoms with van der Waals surface area (Å²) in [5.74, 6) is -1.48. The van der Waals surface area contributed by atoms with Crippen LogP contribution in [-0.2, 0) is 13.0 Å². The zero-order valence-corrected chi connectivity index (χ0v) is 13.2. The van der Waals surface area contributed by atoms with Crippen molar-refractivity contribution >= 4 is 11.9 Å². The zero-order chi connectivity index (χ0) is 16.6. The molecular weight excluding hydrogens is 294 g/mol. The monoisotopic (exact) mass is 313 g/mol. The number of nitrogens with zero attached hydrogens (tertiary/aromatic N) is 1. The van der Waals surface area contributed by atoms with E-state index in [2.05, 4.69) is 13.0 Å². The molecule has 1 unspecified atom stereocenters. The highest BCUT2D eigenvalue weighted by molar-refractivity contribution is 5.94. The summed E-state index contributed by atoms with van der Waals surface area (Å²) >= 11 is 0. The number of carboxylic acids is 1. The molecule has 1 aromatic carbocycles. The summed E-state index contributed by atoms with van der Waals surface area (Å²) in [6, 6.07) is 9.71. The molecule has 120 valence electrons. The van der Waals surface area contributed by atoms with Gasteiger partial charge in [-0.1, -0.05) is 31.2 Å². The Morgan fingerprint density at radius 1 is 1.30 bits per heavy atom. The molecule has 3 rings (SSSR count). The maximum Gasteiger partial charge on any atom is 0.372 e. The van der Waals surface area contributed by atoms with Gasteiger partial charge in [-0.3, -0.25) is 4.79 Å². The van der Waals surface area contributed by atoms with E-state index in [4.69, 9.17) is 9.52 Å². The Balaban J connectivity index is 1.92. The molecular formula is C18H19NO4. The van der Waals surface area contributed by atoms with Gasteiger partial charge in [0.2, 0.25) is 5.76 Å². The highest BCUT2D eigenvalue weighted by Gasteiger charge is 2.31. The molecule has 5 heteroatoms. The summed E-state index contributed by atoms with van der Waals surface area (Å²) in [4.78, 5) is 25.7. The first-order valence-corrected chi connectivity index (χ1v) is 7.72. The third-order valence-corrected chi connectivity index (χ3v) is 4.41. The molecule has 0 radical (unpaired) electrons. The highest BCUT2D eigenvalue weighted by Crippen LogP contribution is 2.27. The van der Waals surface area contributed by atoms with Gasteiger partial charge in [0.1, 0.15) is 0 Å². The first-order chi connectivity index (χ1) is 11.0. The third kappa shape index (κ3) is 2.74. The van der Waals surface area contributed by atoms with Crippen molar-refractivity contribution in [1.82, 2.24) is 4.90 Å². The van der Waals surface area contributed by atoms with Crippen LogP contribution in [0.15, 0.2) is 34.7 Å². The summed E-state index contributed by atoms with van der Waals surface area (Å²) in [6.07, 6.45) is 1.65. The lowest BCUT2D eigenvalue weighted by Gasteiger charge is -2.36. The van der Waals surface area contributed by atoms with Gasteiger partial charge >= 0.3 is 5.97 Å². The Labute approximate surface area is 134 Å². The standard InChI is InChI=1S/C18H19NO4/c1-3-14-9-12-6-4-5-7-13(12)10-19(14)17(20)15-8-11(2)16(23-15)18(21)22/h4-8,14H,3,9-10H2,1-2H3,(H,21,22). The van der Waals surface area contributed by atoms with Gasteiger partial charge < -0.3 is 14.4 Å². The number of hydrogen-bond donors (Lipinski definition) is 1. The van der Waals surface area contributed by atoms with Gasteiger partial charge in [-0.15, -0.1) is 0 Å². The Hall–Kier alpha value is -2.56. The van der Waals surface area contributed by atoms with Gasteiger partial charge in [0.15, 0.2) is 5.76 Å². The molecule has 1 atom stereocenters. The van der Waals surface area contributed by atoms with E-state index < -0.39 is 5.97 Å². The molecule has 0 bridgehead atoms. The molecule has 23 heavy (non-hydrogen) atoms. The van der Waals surface area contributed by atoms with Gasteiger partial charge in [-0.2, -0.15) is 0 Å². The fourth-order valence-corrected chi connectivity index (χ4v) is 3.13. The zero-order valence-electron chi connectivity index (χ0n) is 13.2. The maximum absolute atomic E-state index is 12.8. The molecule has 5 nitrogen and oxygen atoms in total. The topological polar surface area (TPSA) is 70.8 Å². The number of carbonyl (C=O) groups excluding carboxylic acids is 1. The second-order valence-electron chi connectivity index (χ2n) is 5.90. The molecule has 2 heterocycles. The molecule has 2 aromatic rings. The van der Waals surface area contributed by atoms with Crippen LogP contribution in [0.2, 0.25) is 0 Å². The first-order valence-electron chi connectivity index (χ1n) is 7.72. The quantitative estimate of drug-likeness (QED) is 0.944. The van der Waals surface area contributed by atoms with Crippen molar-refractivity contribution in [2.45, 2.75) is 39.3 Å². The predicted molar refractivity (Wildman–Crippen MR) is 84.5 cm³/mol. The largest absolute Gasteiger partial charge is 0.475 e. The van der Waals surface area contributed by atoms with Gasteiger partial charge in [0, 0.05) is 18.2 Å².